The largest absolute Gasteiger partial charge is 0.495 e. The molecule has 7 heteroatoms. The predicted molar refractivity (Wildman–Crippen MR) is 120 cm³/mol. The van der Waals surface area contributed by atoms with Crippen LogP contribution in [0.25, 0.3) is 0 Å². The molecule has 3 N–H and O–H groups in total. The number of rotatable bonds is 8. The minimum Gasteiger partial charge on any atom is -0.495 e. The van der Waals surface area contributed by atoms with Crippen LogP contribution in [0.5, 0.6) is 5.75 Å². The fourth-order valence-electron chi connectivity index (χ4n) is 3.12. The lowest BCUT2D eigenvalue weighted by atomic mass is 10.1. The molecule has 0 aliphatic carbocycles. The summed E-state index contributed by atoms with van der Waals surface area (Å²) in [6.07, 6.45) is 0. The Hall–Kier alpha value is -3.58. The van der Waals surface area contributed by atoms with Crippen molar-refractivity contribution in [3.63, 3.8) is 0 Å². The van der Waals surface area contributed by atoms with Crippen LogP contribution in [0.1, 0.15) is 41.8 Å². The molecule has 0 saturated carbocycles. The Bertz CT molecular complexity index is 1040. The van der Waals surface area contributed by atoms with Crippen molar-refractivity contribution in [2.24, 2.45) is 0 Å². The second kappa shape index (κ2) is 9.95. The second-order valence-corrected chi connectivity index (χ2v) is 7.28. The van der Waals surface area contributed by atoms with Crippen molar-refractivity contribution in [1.82, 2.24) is 5.32 Å². The van der Waals surface area contributed by atoms with E-state index in [2.05, 4.69) is 16.0 Å². The molecule has 3 rings (SSSR count). The highest BCUT2D eigenvalue weighted by Gasteiger charge is 2.18. The van der Waals surface area contributed by atoms with E-state index in [4.69, 9.17) is 9.15 Å². The fraction of sp³-hybridized carbons (Fsp3) is 0.250. The van der Waals surface area contributed by atoms with Crippen LogP contribution in [0.4, 0.5) is 11.4 Å². The molecular weight excluding hydrogens is 394 g/mol. The van der Waals surface area contributed by atoms with E-state index in [0.29, 0.717) is 22.7 Å². The normalized spacial score (nSPS) is 12.6. The number of benzene rings is 2. The molecule has 0 saturated heterocycles. The Balaban J connectivity index is 1.56. The molecule has 0 bridgehead atoms. The number of aryl methyl sites for hydroxylation is 1. The van der Waals surface area contributed by atoms with Gasteiger partial charge in [0, 0.05) is 11.3 Å². The van der Waals surface area contributed by atoms with Gasteiger partial charge in [-0.3, -0.25) is 14.9 Å². The number of methoxy groups -OCH3 is 1. The van der Waals surface area contributed by atoms with Crippen LogP contribution in [-0.2, 0) is 4.79 Å². The van der Waals surface area contributed by atoms with Crippen molar-refractivity contribution < 1.29 is 18.7 Å². The monoisotopic (exact) mass is 421 g/mol. The van der Waals surface area contributed by atoms with Gasteiger partial charge in [-0.2, -0.15) is 0 Å². The lowest BCUT2D eigenvalue weighted by Crippen LogP contribution is -2.39. The number of hydrogen-bond acceptors (Lipinski definition) is 5. The minimum atomic E-state index is -0.436. The molecule has 2 atom stereocenters. The third-order valence-corrected chi connectivity index (χ3v) is 4.85. The van der Waals surface area contributed by atoms with Gasteiger partial charge in [-0.25, -0.2) is 0 Å². The lowest BCUT2D eigenvalue weighted by Gasteiger charge is -2.18. The highest BCUT2D eigenvalue weighted by atomic mass is 16.5. The second-order valence-electron chi connectivity index (χ2n) is 7.28. The number of furan rings is 1. The summed E-state index contributed by atoms with van der Waals surface area (Å²) in [7, 11) is 1.55. The maximum absolute atomic E-state index is 12.5. The summed E-state index contributed by atoms with van der Waals surface area (Å²) in [5.41, 5.74) is 1.67. The average Bonchev–Trinajstić information content (AvgIpc) is 3.21. The maximum atomic E-state index is 12.5. The van der Waals surface area contributed by atoms with Crippen LogP contribution < -0.4 is 20.7 Å². The topological polar surface area (TPSA) is 92.6 Å². The van der Waals surface area contributed by atoms with E-state index >= 15 is 0 Å². The lowest BCUT2D eigenvalue weighted by molar-refractivity contribution is -0.118. The first-order valence-electron chi connectivity index (χ1n) is 10.0. The third-order valence-electron chi connectivity index (χ3n) is 4.85. The number of carbonyl (C=O) groups excluding carboxylic acids is 2. The first-order chi connectivity index (χ1) is 14.9. The molecule has 31 heavy (non-hydrogen) atoms. The van der Waals surface area contributed by atoms with Crippen LogP contribution in [0, 0.1) is 6.92 Å². The Kier molecular flexibility index (Phi) is 7.10. The van der Waals surface area contributed by atoms with Gasteiger partial charge in [-0.05, 0) is 69.3 Å². The molecule has 1 aromatic heterocycles. The van der Waals surface area contributed by atoms with Gasteiger partial charge >= 0.3 is 0 Å². The Morgan fingerprint density at radius 1 is 0.935 bits per heavy atom. The van der Waals surface area contributed by atoms with Gasteiger partial charge in [0.1, 0.15) is 17.3 Å². The first-order valence-corrected chi connectivity index (χ1v) is 10.0. The van der Waals surface area contributed by atoms with Crippen LogP contribution in [0.3, 0.4) is 0 Å². The summed E-state index contributed by atoms with van der Waals surface area (Å²) in [5.74, 6) is 1.75. The zero-order valence-corrected chi connectivity index (χ0v) is 18.1. The molecule has 0 aliphatic rings. The van der Waals surface area contributed by atoms with Gasteiger partial charge in [0.05, 0.1) is 24.9 Å². The first kappa shape index (κ1) is 22.1. The molecule has 0 aliphatic heterocycles. The van der Waals surface area contributed by atoms with Crippen molar-refractivity contribution in [2.45, 2.75) is 32.9 Å². The number of para-hydroxylation sites is 2. The van der Waals surface area contributed by atoms with Gasteiger partial charge in [0.25, 0.3) is 5.91 Å². The van der Waals surface area contributed by atoms with E-state index in [-0.39, 0.29) is 17.9 Å². The molecule has 0 radical (unpaired) electrons. The van der Waals surface area contributed by atoms with Crippen molar-refractivity contribution in [3.8, 4) is 5.75 Å². The van der Waals surface area contributed by atoms with Crippen molar-refractivity contribution in [2.75, 3.05) is 17.7 Å². The minimum absolute atomic E-state index is 0.101. The summed E-state index contributed by atoms with van der Waals surface area (Å²) in [4.78, 5) is 25.0. The van der Waals surface area contributed by atoms with E-state index < -0.39 is 6.04 Å². The average molecular weight is 421 g/mol. The zero-order chi connectivity index (χ0) is 22.4. The molecule has 162 valence electrons. The molecular formula is C24H27N3O4. The quantitative estimate of drug-likeness (QED) is 0.497. The number of amides is 2. The maximum Gasteiger partial charge on any atom is 0.255 e. The number of ether oxygens (including phenoxy) is 1. The van der Waals surface area contributed by atoms with E-state index in [1.807, 2.05) is 38.1 Å². The van der Waals surface area contributed by atoms with E-state index in [1.54, 1.807) is 50.4 Å². The molecule has 2 aromatic carbocycles. The smallest absolute Gasteiger partial charge is 0.255 e. The number of hydrogen-bond donors (Lipinski definition) is 3. The van der Waals surface area contributed by atoms with Gasteiger partial charge in [0.15, 0.2) is 0 Å². The van der Waals surface area contributed by atoms with Crippen LogP contribution in [0.2, 0.25) is 0 Å². The number of anilines is 2. The summed E-state index contributed by atoms with van der Waals surface area (Å²) in [6, 6.07) is 17.2. The van der Waals surface area contributed by atoms with Crippen molar-refractivity contribution in [1.29, 1.82) is 0 Å². The Labute approximate surface area is 181 Å². The Morgan fingerprint density at radius 2 is 1.65 bits per heavy atom. The molecule has 2 amide bonds. The standard InChI is InChI=1S/C24H27N3O4/c1-15-9-14-21(31-15)16(2)25-17(3)23(28)26-19-12-10-18(11-13-19)24(29)27-20-7-5-6-8-22(20)30-4/h5-14,16-17,25H,1-4H3,(H,26,28)(H,27,29). The summed E-state index contributed by atoms with van der Waals surface area (Å²) in [5, 5.41) is 8.89. The van der Waals surface area contributed by atoms with E-state index in [1.165, 1.54) is 0 Å². The molecule has 1 heterocycles. The van der Waals surface area contributed by atoms with Crippen molar-refractivity contribution in [3.05, 3.63) is 77.7 Å². The van der Waals surface area contributed by atoms with Gasteiger partial charge in [-0.1, -0.05) is 12.1 Å². The van der Waals surface area contributed by atoms with Gasteiger partial charge in [0.2, 0.25) is 5.91 Å². The van der Waals surface area contributed by atoms with Crippen LogP contribution in [0.15, 0.2) is 65.1 Å². The summed E-state index contributed by atoms with van der Waals surface area (Å²) < 4.78 is 10.8. The fourth-order valence-corrected chi connectivity index (χ4v) is 3.12. The van der Waals surface area contributed by atoms with E-state index in [0.717, 1.165) is 11.5 Å². The predicted octanol–water partition coefficient (Wildman–Crippen LogP) is 4.53. The number of nitrogens with one attached hydrogen (secondary N) is 3. The molecule has 3 aromatic rings. The highest BCUT2D eigenvalue weighted by Crippen LogP contribution is 2.24. The van der Waals surface area contributed by atoms with Crippen LogP contribution >= 0.6 is 0 Å². The van der Waals surface area contributed by atoms with E-state index in [9.17, 15) is 9.59 Å². The van der Waals surface area contributed by atoms with Crippen molar-refractivity contribution >= 4 is 23.2 Å². The molecule has 0 spiro atoms. The molecule has 7 nitrogen and oxygen atoms in total. The molecule has 0 fully saturated rings. The summed E-state index contributed by atoms with van der Waals surface area (Å²) >= 11 is 0. The third kappa shape index (κ3) is 5.73. The van der Waals surface area contributed by atoms with Gasteiger partial charge in [-0.15, -0.1) is 0 Å². The highest BCUT2D eigenvalue weighted by molar-refractivity contribution is 6.05. The zero-order valence-electron chi connectivity index (χ0n) is 18.1. The van der Waals surface area contributed by atoms with Crippen LogP contribution in [-0.4, -0.2) is 25.0 Å². The molecule has 2 unspecified atom stereocenters. The number of carbonyl (C=O) groups is 2. The SMILES string of the molecule is COc1ccccc1NC(=O)c1ccc(NC(=O)C(C)NC(C)c2ccc(C)o2)cc1. The summed E-state index contributed by atoms with van der Waals surface area (Å²) in [6.45, 7) is 5.61. The van der Waals surface area contributed by atoms with Gasteiger partial charge < -0.3 is 19.8 Å². The Morgan fingerprint density at radius 3 is 2.29 bits per heavy atom.